The first-order chi connectivity index (χ1) is 32.0. The molecule has 4 atom stereocenters. The summed E-state index contributed by atoms with van der Waals surface area (Å²) in [6.07, 6.45) is 6.42. The summed E-state index contributed by atoms with van der Waals surface area (Å²) in [7, 11) is 1.65. The number of halogens is 1. The SMILES string of the molecule is COc1cc2c(N[C@H](C)c3cccc(Br)c3)nc(C)nc2cc1OCCCCCCCCCOc1cc(-c2scnc2C)ccc1CNC(=O)[C@@H]1C[C@@H](O)CN1C(=O)[C@@H](NC(C)=O)C(C)(C)C. The van der Waals surface area contributed by atoms with E-state index in [1.54, 1.807) is 18.4 Å². The van der Waals surface area contributed by atoms with Gasteiger partial charge in [0.25, 0.3) is 0 Å². The van der Waals surface area contributed by atoms with E-state index in [0.29, 0.717) is 36.3 Å². The highest BCUT2D eigenvalue weighted by atomic mass is 79.9. The van der Waals surface area contributed by atoms with Gasteiger partial charge in [-0.25, -0.2) is 15.0 Å². The third-order valence-electron chi connectivity index (χ3n) is 12.0. The molecule has 5 aromatic rings. The van der Waals surface area contributed by atoms with Crippen LogP contribution in [0.1, 0.15) is 115 Å². The largest absolute Gasteiger partial charge is 0.493 e. The van der Waals surface area contributed by atoms with Crippen LogP contribution in [0.5, 0.6) is 17.2 Å². The Bertz CT molecular complexity index is 2490. The van der Waals surface area contributed by atoms with Gasteiger partial charge >= 0.3 is 0 Å². The first-order valence-electron chi connectivity index (χ1n) is 23.2. The molecule has 0 spiro atoms. The number of thiazole rings is 1. The zero-order valence-electron chi connectivity index (χ0n) is 40.0. The maximum absolute atomic E-state index is 13.7. The Morgan fingerprint density at radius 3 is 2.27 bits per heavy atom. The lowest BCUT2D eigenvalue weighted by molar-refractivity contribution is -0.143. The van der Waals surface area contributed by atoms with Crippen LogP contribution in [0.25, 0.3) is 21.3 Å². The molecule has 1 fully saturated rings. The van der Waals surface area contributed by atoms with Crippen LogP contribution in [0, 0.1) is 19.3 Å². The van der Waals surface area contributed by atoms with Gasteiger partial charge in [0.05, 0.1) is 54.1 Å². The Balaban J connectivity index is 0.962. The second-order valence-corrected chi connectivity index (χ2v) is 20.2. The summed E-state index contributed by atoms with van der Waals surface area (Å²) in [5, 5.41) is 20.8. The van der Waals surface area contributed by atoms with Gasteiger partial charge in [-0.2, -0.15) is 0 Å². The molecule has 4 N–H and O–H groups in total. The molecule has 2 aromatic heterocycles. The first-order valence-corrected chi connectivity index (χ1v) is 24.9. The van der Waals surface area contributed by atoms with Crippen LogP contribution in [0.15, 0.2) is 64.6 Å². The van der Waals surface area contributed by atoms with Gasteiger partial charge in [0.1, 0.15) is 29.5 Å². The number of methoxy groups -OCH3 is 1. The summed E-state index contributed by atoms with van der Waals surface area (Å²) in [5.74, 6) is 2.30. The van der Waals surface area contributed by atoms with E-state index < -0.39 is 29.5 Å². The van der Waals surface area contributed by atoms with Crippen LogP contribution in [0.4, 0.5) is 5.82 Å². The fourth-order valence-electron chi connectivity index (χ4n) is 8.33. The highest BCUT2D eigenvalue weighted by Gasteiger charge is 2.44. The number of fused-ring (bicyclic) bond motifs is 1. The van der Waals surface area contributed by atoms with E-state index in [4.69, 9.17) is 24.2 Å². The van der Waals surface area contributed by atoms with Crippen LogP contribution in [0.3, 0.4) is 0 Å². The number of rotatable bonds is 22. The summed E-state index contributed by atoms with van der Waals surface area (Å²) in [6, 6.07) is 16.4. The van der Waals surface area contributed by atoms with Gasteiger partial charge in [-0.1, -0.05) is 93.1 Å². The monoisotopic (exact) mass is 999 g/mol. The zero-order valence-corrected chi connectivity index (χ0v) is 42.4. The fraction of sp³-hybridized carbons (Fsp3) is 0.490. The van der Waals surface area contributed by atoms with Gasteiger partial charge in [0.15, 0.2) is 11.5 Å². The van der Waals surface area contributed by atoms with Crippen molar-refractivity contribution in [3.8, 4) is 27.7 Å². The molecule has 3 aromatic carbocycles. The molecular formula is C51H66BrN7O7S. The third-order valence-corrected chi connectivity index (χ3v) is 13.4. The molecule has 1 saturated heterocycles. The minimum absolute atomic E-state index is 0.0149. The standard InChI is InChI=1S/C51H66BrN7O7S/c1-31(35-17-16-18-38(52)23-35)55-48-40-26-44(64-8)45(27-41(40)56-33(3)57-48)66-22-15-13-11-9-10-12-14-21-65-43-24-36(46-32(2)54-30-67-46)19-20-37(43)28-53-49(62)42-25-39(61)29-59(42)50(63)47(51(5,6)7)58-34(4)60/h16-20,23-24,26-27,30-31,39,42,47,61H,9-15,21-22,25,28-29H2,1-8H3,(H,53,62)(H,58,60)(H,55,56,57)/t31-,39-,42+,47-/m1/s1. The summed E-state index contributed by atoms with van der Waals surface area (Å²) < 4.78 is 19.4. The number of nitrogens with one attached hydrogen (secondary N) is 3. The average Bonchev–Trinajstić information content (AvgIpc) is 3.90. The lowest BCUT2D eigenvalue weighted by atomic mass is 9.85. The number of hydrogen-bond donors (Lipinski definition) is 4. The highest BCUT2D eigenvalue weighted by molar-refractivity contribution is 9.10. The average molecular weight is 1000 g/mol. The van der Waals surface area contributed by atoms with Crippen molar-refractivity contribution in [2.45, 2.75) is 131 Å². The maximum Gasteiger partial charge on any atom is 0.246 e. The van der Waals surface area contributed by atoms with E-state index >= 15 is 0 Å². The summed E-state index contributed by atoms with van der Waals surface area (Å²) >= 11 is 5.14. The predicted molar refractivity (Wildman–Crippen MR) is 268 cm³/mol. The first kappa shape index (κ1) is 51.1. The van der Waals surface area contributed by atoms with Crippen LogP contribution in [-0.4, -0.2) is 87.7 Å². The molecule has 67 heavy (non-hydrogen) atoms. The number of aliphatic hydroxyl groups excluding tert-OH is 1. The van der Waals surface area contributed by atoms with E-state index in [2.05, 4.69) is 55.9 Å². The summed E-state index contributed by atoms with van der Waals surface area (Å²) in [6.45, 7) is 14.2. The number of carbonyl (C=O) groups is 3. The van der Waals surface area contributed by atoms with Gasteiger partial charge in [0.2, 0.25) is 17.7 Å². The number of ether oxygens (including phenoxy) is 3. The van der Waals surface area contributed by atoms with Crippen molar-refractivity contribution in [2.75, 3.05) is 32.2 Å². The summed E-state index contributed by atoms with van der Waals surface area (Å²) in [5.41, 5.74) is 5.88. The van der Waals surface area contributed by atoms with Gasteiger partial charge in [-0.3, -0.25) is 14.4 Å². The molecule has 1 aliphatic rings. The molecule has 6 rings (SSSR count). The van der Waals surface area contributed by atoms with Crippen molar-refractivity contribution in [3.05, 3.63) is 87.2 Å². The second-order valence-electron chi connectivity index (χ2n) is 18.4. The van der Waals surface area contributed by atoms with Gasteiger partial charge < -0.3 is 40.2 Å². The van der Waals surface area contributed by atoms with Crippen molar-refractivity contribution in [3.63, 3.8) is 0 Å². The van der Waals surface area contributed by atoms with E-state index in [9.17, 15) is 19.5 Å². The molecular weight excluding hydrogens is 935 g/mol. The Hall–Kier alpha value is -5.32. The Morgan fingerprint density at radius 2 is 1.63 bits per heavy atom. The van der Waals surface area contributed by atoms with Crippen LogP contribution < -0.4 is 30.2 Å². The molecule has 0 bridgehead atoms. The van der Waals surface area contributed by atoms with Gasteiger partial charge in [-0.15, -0.1) is 11.3 Å². The number of unbranched alkanes of at least 4 members (excludes halogenated alkanes) is 6. The number of benzene rings is 3. The van der Waals surface area contributed by atoms with Crippen molar-refractivity contribution >= 4 is 61.7 Å². The molecule has 360 valence electrons. The number of β-amino-alcohol motifs (C(OH)–C–C–N with tert-alkyl or cyclic N) is 1. The number of aryl methyl sites for hydroxylation is 2. The highest BCUT2D eigenvalue weighted by Crippen LogP contribution is 2.36. The molecule has 0 unspecified atom stereocenters. The third kappa shape index (κ3) is 13.9. The minimum Gasteiger partial charge on any atom is -0.493 e. The Morgan fingerprint density at radius 1 is 0.925 bits per heavy atom. The number of anilines is 1. The minimum atomic E-state index is -0.875. The quantitative estimate of drug-likeness (QED) is 0.0486. The normalized spacial score (nSPS) is 15.8. The molecule has 1 aliphatic heterocycles. The van der Waals surface area contributed by atoms with Crippen LogP contribution in [-0.2, 0) is 20.9 Å². The molecule has 3 amide bonds. The van der Waals surface area contributed by atoms with E-state index in [1.807, 2.05) is 82.6 Å². The Labute approximate surface area is 407 Å². The van der Waals surface area contributed by atoms with Crippen molar-refractivity contribution in [1.29, 1.82) is 0 Å². The van der Waals surface area contributed by atoms with Crippen LogP contribution in [0.2, 0.25) is 0 Å². The number of hydrogen-bond acceptors (Lipinski definition) is 12. The molecule has 3 heterocycles. The Kier molecular flexibility index (Phi) is 18.0. The number of amides is 3. The molecule has 0 radical (unpaired) electrons. The number of nitrogens with zero attached hydrogens (tertiary/aromatic N) is 4. The molecule has 0 aliphatic carbocycles. The lowest BCUT2D eigenvalue weighted by Crippen LogP contribution is -2.57. The lowest BCUT2D eigenvalue weighted by Gasteiger charge is -2.35. The zero-order chi connectivity index (χ0) is 48.3. The van der Waals surface area contributed by atoms with Crippen molar-refractivity contribution < 1.29 is 33.7 Å². The van der Waals surface area contributed by atoms with E-state index in [0.717, 1.165) is 93.4 Å². The van der Waals surface area contributed by atoms with Gasteiger partial charge in [0, 0.05) is 47.9 Å². The number of carbonyl (C=O) groups excluding carboxylic acids is 3. The molecule has 14 nitrogen and oxygen atoms in total. The number of aliphatic hydroxyl groups is 1. The fourth-order valence-corrected chi connectivity index (χ4v) is 9.55. The van der Waals surface area contributed by atoms with E-state index in [1.165, 1.54) is 11.8 Å². The summed E-state index contributed by atoms with van der Waals surface area (Å²) in [4.78, 5) is 55.7. The second kappa shape index (κ2) is 23.6. The van der Waals surface area contributed by atoms with Crippen molar-refractivity contribution in [1.82, 2.24) is 30.5 Å². The topological polar surface area (TPSA) is 177 Å². The number of aromatic nitrogens is 3. The maximum atomic E-state index is 13.7. The van der Waals surface area contributed by atoms with Crippen LogP contribution >= 0.6 is 27.3 Å². The molecule has 0 saturated carbocycles. The predicted octanol–water partition coefficient (Wildman–Crippen LogP) is 9.63. The molecule has 16 heteroatoms. The van der Waals surface area contributed by atoms with Crippen molar-refractivity contribution in [2.24, 2.45) is 5.41 Å². The smallest absolute Gasteiger partial charge is 0.246 e. The number of likely N-dealkylation sites (tertiary alicyclic amines) is 1. The van der Waals surface area contributed by atoms with E-state index in [-0.39, 0.29) is 37.4 Å². The van der Waals surface area contributed by atoms with Gasteiger partial charge in [-0.05, 0) is 74.4 Å².